The Labute approximate surface area is 211 Å². The molecular formula is C27H26F2N4O4. The second kappa shape index (κ2) is 9.19. The van der Waals surface area contributed by atoms with Gasteiger partial charge in [-0.15, -0.1) is 8.78 Å². The van der Waals surface area contributed by atoms with Crippen molar-refractivity contribution >= 4 is 16.7 Å². The number of pyridine rings is 1. The summed E-state index contributed by atoms with van der Waals surface area (Å²) in [6.45, 7) is 5.15. The van der Waals surface area contributed by atoms with Crippen molar-refractivity contribution in [1.82, 2.24) is 19.7 Å². The van der Waals surface area contributed by atoms with E-state index in [9.17, 15) is 18.4 Å². The van der Waals surface area contributed by atoms with Gasteiger partial charge in [0.2, 0.25) is 5.91 Å². The minimum absolute atomic E-state index is 0.0450. The van der Waals surface area contributed by atoms with E-state index in [4.69, 9.17) is 4.74 Å². The highest BCUT2D eigenvalue weighted by Gasteiger charge is 2.55. The van der Waals surface area contributed by atoms with E-state index in [1.54, 1.807) is 31.5 Å². The van der Waals surface area contributed by atoms with Crippen molar-refractivity contribution in [1.29, 1.82) is 0 Å². The van der Waals surface area contributed by atoms with E-state index in [1.165, 1.54) is 22.6 Å². The van der Waals surface area contributed by atoms with Gasteiger partial charge in [-0.05, 0) is 44.5 Å². The molecule has 0 spiro atoms. The fraction of sp³-hybridized carbons (Fsp3) is 0.333. The van der Waals surface area contributed by atoms with Crippen LogP contribution in [0.2, 0.25) is 0 Å². The summed E-state index contributed by atoms with van der Waals surface area (Å²) in [5.41, 5.74) is 1.27. The van der Waals surface area contributed by atoms with Gasteiger partial charge in [-0.3, -0.25) is 19.3 Å². The Morgan fingerprint density at radius 2 is 2.05 bits per heavy atom. The molecule has 1 fully saturated rings. The van der Waals surface area contributed by atoms with Crippen molar-refractivity contribution in [2.75, 3.05) is 6.54 Å². The number of likely N-dealkylation sites (N-methyl/N-ethyl adjacent to an activating group) is 1. The number of rotatable bonds is 6. The SMILES string of the molecule is CCN(C(=O)Cn1nc(Cc2cccnc2)c2cc(C)ccc2c1=O)C1=CCC2(C)OC(F)(F)OC2=C1. The molecule has 0 N–H and O–H groups in total. The Kier molecular flexibility index (Phi) is 6.15. The number of hydrogen-bond acceptors (Lipinski definition) is 6. The third kappa shape index (κ3) is 4.76. The van der Waals surface area contributed by atoms with Gasteiger partial charge in [0.15, 0.2) is 0 Å². The second-order valence-electron chi connectivity index (χ2n) is 9.37. The number of amides is 1. The molecule has 37 heavy (non-hydrogen) atoms. The molecule has 3 heterocycles. The van der Waals surface area contributed by atoms with Crippen molar-refractivity contribution in [3.63, 3.8) is 0 Å². The minimum Gasteiger partial charge on any atom is -0.411 e. The zero-order valence-electron chi connectivity index (χ0n) is 20.7. The highest BCUT2D eigenvalue weighted by Crippen LogP contribution is 2.46. The number of hydrogen-bond donors (Lipinski definition) is 0. The fourth-order valence-electron chi connectivity index (χ4n) is 4.69. The molecule has 1 aliphatic heterocycles. The molecule has 1 aromatic carbocycles. The molecule has 3 aromatic rings. The average Bonchev–Trinajstić information content (AvgIpc) is 3.10. The number of fused-ring (bicyclic) bond motifs is 2. The molecule has 2 aromatic heterocycles. The number of carbonyl (C=O) groups is 1. The lowest BCUT2D eigenvalue weighted by Gasteiger charge is -2.29. The summed E-state index contributed by atoms with van der Waals surface area (Å²) in [7, 11) is 0. The van der Waals surface area contributed by atoms with Crippen molar-refractivity contribution in [3.05, 3.63) is 93.5 Å². The lowest BCUT2D eigenvalue weighted by atomic mass is 9.93. The molecule has 1 amide bonds. The number of nitrogens with zero attached hydrogens (tertiary/aromatic N) is 4. The van der Waals surface area contributed by atoms with Gasteiger partial charge in [-0.1, -0.05) is 23.8 Å². The predicted molar refractivity (Wildman–Crippen MR) is 131 cm³/mol. The van der Waals surface area contributed by atoms with Crippen LogP contribution in [0.5, 0.6) is 0 Å². The number of aromatic nitrogens is 3. The van der Waals surface area contributed by atoms with Crippen LogP contribution in [0.4, 0.5) is 8.78 Å². The summed E-state index contributed by atoms with van der Waals surface area (Å²) < 4.78 is 38.0. The Morgan fingerprint density at radius 1 is 1.24 bits per heavy atom. The number of alkyl halides is 2. The molecule has 8 nitrogen and oxygen atoms in total. The van der Waals surface area contributed by atoms with Gasteiger partial charge in [-0.2, -0.15) is 5.10 Å². The van der Waals surface area contributed by atoms with E-state index in [2.05, 4.69) is 14.8 Å². The van der Waals surface area contributed by atoms with Crippen molar-refractivity contribution in [2.45, 2.75) is 52.1 Å². The largest absolute Gasteiger partial charge is 0.536 e. The Morgan fingerprint density at radius 3 is 2.78 bits per heavy atom. The van der Waals surface area contributed by atoms with Gasteiger partial charge >= 0.3 is 6.29 Å². The normalized spacial score (nSPS) is 20.1. The standard InChI is InChI=1S/C27H26F2N4O4/c1-4-32(19-9-10-26(3)23(14-19)36-27(28,29)37-26)24(34)16-33-25(35)20-8-7-17(2)12-21(20)22(31-33)13-18-6-5-11-30-15-18/h5-9,11-12,14-15H,4,10,13,16H2,1-3H3. The zero-order valence-corrected chi connectivity index (χ0v) is 20.7. The van der Waals surface area contributed by atoms with Gasteiger partial charge in [-0.25, -0.2) is 4.68 Å². The van der Waals surface area contributed by atoms with E-state index >= 15 is 0 Å². The first kappa shape index (κ1) is 24.8. The number of ether oxygens (including phenoxy) is 2. The lowest BCUT2D eigenvalue weighted by Crippen LogP contribution is -2.38. The van der Waals surface area contributed by atoms with E-state index in [1.807, 2.05) is 31.2 Å². The molecule has 1 saturated heterocycles. The number of halogens is 2. The van der Waals surface area contributed by atoms with Gasteiger partial charge in [0.05, 0.1) is 11.1 Å². The molecule has 10 heteroatoms. The quantitative estimate of drug-likeness (QED) is 0.499. The van der Waals surface area contributed by atoms with Gasteiger partial charge in [0, 0.05) is 48.9 Å². The molecule has 0 bridgehead atoms. The van der Waals surface area contributed by atoms with E-state index in [-0.39, 0.29) is 30.8 Å². The maximum Gasteiger partial charge on any atom is 0.536 e. The first-order valence-corrected chi connectivity index (χ1v) is 12.0. The minimum atomic E-state index is -3.73. The summed E-state index contributed by atoms with van der Waals surface area (Å²) in [6, 6.07) is 9.25. The van der Waals surface area contributed by atoms with Crippen LogP contribution in [-0.4, -0.2) is 44.0 Å². The van der Waals surface area contributed by atoms with Crippen LogP contribution in [0, 0.1) is 6.92 Å². The summed E-state index contributed by atoms with van der Waals surface area (Å²) in [5.74, 6) is -0.454. The van der Waals surface area contributed by atoms with Crippen molar-refractivity contribution in [3.8, 4) is 0 Å². The summed E-state index contributed by atoms with van der Waals surface area (Å²) in [5, 5.41) is 5.76. The fourth-order valence-corrected chi connectivity index (χ4v) is 4.69. The lowest BCUT2D eigenvalue weighted by molar-refractivity contribution is -0.351. The topological polar surface area (TPSA) is 86.6 Å². The van der Waals surface area contributed by atoms with Crippen LogP contribution in [0.25, 0.3) is 10.8 Å². The van der Waals surface area contributed by atoms with E-state index in [0.29, 0.717) is 23.2 Å². The number of aryl methyl sites for hydroxylation is 1. The van der Waals surface area contributed by atoms with Gasteiger partial charge in [0.25, 0.3) is 5.56 Å². The van der Waals surface area contributed by atoms with Crippen LogP contribution in [0.15, 0.2) is 71.1 Å². The average molecular weight is 509 g/mol. The number of allylic oxidation sites excluding steroid dienone is 1. The molecule has 5 rings (SSSR count). The molecule has 1 aliphatic carbocycles. The van der Waals surface area contributed by atoms with E-state index in [0.717, 1.165) is 16.5 Å². The Bertz CT molecular complexity index is 1500. The van der Waals surface area contributed by atoms with Crippen molar-refractivity contribution < 1.29 is 23.0 Å². The van der Waals surface area contributed by atoms with Crippen LogP contribution in [0.1, 0.15) is 37.1 Å². The number of benzene rings is 1. The molecule has 192 valence electrons. The molecule has 0 radical (unpaired) electrons. The van der Waals surface area contributed by atoms with Gasteiger partial charge in [0.1, 0.15) is 17.9 Å². The van der Waals surface area contributed by atoms with Crippen LogP contribution >= 0.6 is 0 Å². The maximum absolute atomic E-state index is 13.7. The summed E-state index contributed by atoms with van der Waals surface area (Å²) in [4.78, 5) is 32.3. The van der Waals surface area contributed by atoms with Crippen molar-refractivity contribution in [2.24, 2.45) is 0 Å². The molecule has 2 aliphatic rings. The first-order valence-electron chi connectivity index (χ1n) is 12.0. The highest BCUT2D eigenvalue weighted by molar-refractivity contribution is 5.85. The Hall–Kier alpha value is -3.92. The zero-order chi connectivity index (χ0) is 26.4. The first-order chi connectivity index (χ1) is 17.6. The molecule has 1 unspecified atom stereocenters. The highest BCUT2D eigenvalue weighted by atomic mass is 19.3. The molecular weight excluding hydrogens is 482 g/mol. The van der Waals surface area contributed by atoms with Crippen LogP contribution in [-0.2, 0) is 27.2 Å². The van der Waals surface area contributed by atoms with Crippen LogP contribution < -0.4 is 5.56 Å². The summed E-state index contributed by atoms with van der Waals surface area (Å²) in [6.07, 6.45) is 3.27. The predicted octanol–water partition coefficient (Wildman–Crippen LogP) is 4.07. The third-order valence-electron chi connectivity index (χ3n) is 6.57. The van der Waals surface area contributed by atoms with Gasteiger partial charge < -0.3 is 9.64 Å². The maximum atomic E-state index is 13.7. The Balaban J connectivity index is 1.47. The second-order valence-corrected chi connectivity index (χ2v) is 9.37. The van der Waals surface area contributed by atoms with E-state index < -0.39 is 17.8 Å². The molecule has 0 saturated carbocycles. The monoisotopic (exact) mass is 508 g/mol. The third-order valence-corrected chi connectivity index (χ3v) is 6.57. The summed E-state index contributed by atoms with van der Waals surface area (Å²) >= 11 is 0. The molecule has 1 atom stereocenters. The van der Waals surface area contributed by atoms with Crippen LogP contribution in [0.3, 0.4) is 0 Å². The number of carbonyl (C=O) groups excluding carboxylic acids is 1. The smallest absolute Gasteiger partial charge is 0.411 e.